The predicted molar refractivity (Wildman–Crippen MR) is 111 cm³/mol. The van der Waals surface area contributed by atoms with E-state index in [2.05, 4.69) is 20.6 Å². The molecule has 2 heterocycles. The lowest BCUT2D eigenvalue weighted by Crippen LogP contribution is -2.38. The highest BCUT2D eigenvalue weighted by Gasteiger charge is 2.35. The zero-order valence-electron chi connectivity index (χ0n) is 17.5. The fourth-order valence-corrected chi connectivity index (χ4v) is 3.61. The molecule has 11 heteroatoms. The minimum atomic E-state index is -4.57. The number of rotatable bonds is 7. The van der Waals surface area contributed by atoms with Gasteiger partial charge in [-0.15, -0.1) is 0 Å². The lowest BCUT2D eigenvalue weighted by Gasteiger charge is -2.34. The summed E-state index contributed by atoms with van der Waals surface area (Å²) in [6, 6.07) is 5.17. The fraction of sp³-hybridized carbons (Fsp3) is 0.476. The summed E-state index contributed by atoms with van der Waals surface area (Å²) in [5.41, 5.74) is 0.427. The number of ether oxygens (including phenoxy) is 2. The maximum atomic E-state index is 13.1. The quantitative estimate of drug-likeness (QED) is 0.620. The van der Waals surface area contributed by atoms with E-state index >= 15 is 0 Å². The molecular weight excluding hydrogens is 427 g/mol. The second kappa shape index (κ2) is 9.19. The Morgan fingerprint density at radius 3 is 2.78 bits per heavy atom. The number of morpholine rings is 1. The van der Waals surface area contributed by atoms with Crippen LogP contribution in [0.2, 0.25) is 0 Å². The van der Waals surface area contributed by atoms with Gasteiger partial charge in [0.1, 0.15) is 17.1 Å². The summed E-state index contributed by atoms with van der Waals surface area (Å²) in [4.78, 5) is 20.9. The number of benzene rings is 1. The first-order chi connectivity index (χ1) is 15.4. The molecule has 2 N–H and O–H groups in total. The van der Waals surface area contributed by atoms with Crippen LogP contribution in [0.4, 0.5) is 30.6 Å². The molecule has 1 aliphatic heterocycles. The van der Waals surface area contributed by atoms with Crippen molar-refractivity contribution >= 4 is 23.9 Å². The number of hydrogen-bond acceptors (Lipinski definition) is 7. The zero-order valence-corrected chi connectivity index (χ0v) is 17.5. The van der Waals surface area contributed by atoms with Crippen LogP contribution in [0.1, 0.15) is 36.4 Å². The van der Waals surface area contributed by atoms with Gasteiger partial charge >= 0.3 is 6.18 Å². The first-order valence-electron chi connectivity index (χ1n) is 10.4. The average molecular weight is 451 g/mol. The summed E-state index contributed by atoms with van der Waals surface area (Å²) >= 11 is 0. The Kier molecular flexibility index (Phi) is 6.35. The smallest absolute Gasteiger partial charge is 0.421 e. The van der Waals surface area contributed by atoms with Crippen molar-refractivity contribution in [2.75, 3.05) is 37.4 Å². The van der Waals surface area contributed by atoms with Crippen LogP contribution in [0.3, 0.4) is 0 Å². The highest BCUT2D eigenvalue weighted by molar-refractivity contribution is 5.65. The molecule has 4 rings (SSSR count). The van der Waals surface area contributed by atoms with Gasteiger partial charge < -0.3 is 25.0 Å². The van der Waals surface area contributed by atoms with Gasteiger partial charge in [-0.1, -0.05) is 6.07 Å². The molecule has 0 radical (unpaired) electrons. The second-order valence-corrected chi connectivity index (χ2v) is 7.69. The molecular formula is C21H24F3N5O3. The number of aromatic nitrogens is 2. The number of carbonyl (C=O) groups excluding carboxylic acids is 1. The van der Waals surface area contributed by atoms with Crippen molar-refractivity contribution in [1.82, 2.24) is 14.9 Å². The minimum absolute atomic E-state index is 0.00378. The summed E-state index contributed by atoms with van der Waals surface area (Å²) in [6.07, 6.45) is -0.0179. The first-order valence-corrected chi connectivity index (χ1v) is 10.4. The van der Waals surface area contributed by atoms with Gasteiger partial charge in [0.05, 0.1) is 31.0 Å². The predicted octanol–water partition coefficient (Wildman–Crippen LogP) is 3.74. The van der Waals surface area contributed by atoms with Crippen LogP contribution >= 0.6 is 0 Å². The van der Waals surface area contributed by atoms with E-state index in [-0.39, 0.29) is 23.9 Å². The van der Waals surface area contributed by atoms with Gasteiger partial charge in [-0.25, -0.2) is 4.98 Å². The van der Waals surface area contributed by atoms with Gasteiger partial charge in [0, 0.05) is 19.8 Å². The molecule has 172 valence electrons. The van der Waals surface area contributed by atoms with E-state index in [4.69, 9.17) is 9.47 Å². The summed E-state index contributed by atoms with van der Waals surface area (Å²) in [5, 5.41) is 5.43. The van der Waals surface area contributed by atoms with Crippen LogP contribution in [0.25, 0.3) is 0 Å². The standard InChI is InChI=1S/C21H24F3N5O3/c1-25-19-15(21(22,23)24)10-26-20(28-19)27-16-6-5-13(9-18(16)32-14-3-2-4-14)17-11-31-8-7-29(17)12-30/h5-6,9-10,12,14,17H,2-4,7-8,11H2,1H3,(H2,25,26,27,28). The van der Waals surface area contributed by atoms with E-state index in [1.54, 1.807) is 11.0 Å². The zero-order chi connectivity index (χ0) is 22.7. The van der Waals surface area contributed by atoms with Gasteiger partial charge in [0.25, 0.3) is 0 Å². The number of amides is 1. The number of carbonyl (C=O) groups is 1. The van der Waals surface area contributed by atoms with Crippen molar-refractivity contribution in [2.45, 2.75) is 37.6 Å². The maximum Gasteiger partial charge on any atom is 0.421 e. The molecule has 32 heavy (non-hydrogen) atoms. The van der Waals surface area contributed by atoms with Crippen molar-refractivity contribution in [3.05, 3.63) is 35.5 Å². The summed E-state index contributed by atoms with van der Waals surface area (Å²) in [6.45, 7) is 1.36. The van der Waals surface area contributed by atoms with Crippen LogP contribution in [0, 0.1) is 0 Å². The minimum Gasteiger partial charge on any atom is -0.488 e. The third-order valence-corrected chi connectivity index (χ3v) is 5.62. The van der Waals surface area contributed by atoms with Crippen LogP contribution < -0.4 is 15.4 Å². The van der Waals surface area contributed by atoms with E-state index in [0.717, 1.165) is 37.4 Å². The Balaban J connectivity index is 1.63. The molecule has 2 aromatic rings. The van der Waals surface area contributed by atoms with Gasteiger partial charge in [-0.2, -0.15) is 18.2 Å². The molecule has 1 aliphatic carbocycles. The van der Waals surface area contributed by atoms with Crippen LogP contribution in [-0.2, 0) is 15.7 Å². The number of alkyl halides is 3. The Hall–Kier alpha value is -3.08. The topological polar surface area (TPSA) is 88.6 Å². The van der Waals surface area contributed by atoms with E-state index in [9.17, 15) is 18.0 Å². The Morgan fingerprint density at radius 2 is 2.12 bits per heavy atom. The number of hydrogen-bond donors (Lipinski definition) is 2. The Bertz CT molecular complexity index is 968. The van der Waals surface area contributed by atoms with E-state index in [1.807, 2.05) is 12.1 Å². The van der Waals surface area contributed by atoms with Crippen molar-refractivity contribution in [1.29, 1.82) is 0 Å². The SMILES string of the molecule is CNc1nc(Nc2ccc(C3COCCN3C=O)cc2OC2CCC2)ncc1C(F)(F)F. The molecule has 1 aromatic heterocycles. The molecule has 8 nitrogen and oxygen atoms in total. The van der Waals surface area contributed by atoms with Crippen molar-refractivity contribution in [2.24, 2.45) is 0 Å². The Morgan fingerprint density at radius 1 is 1.31 bits per heavy atom. The molecule has 1 saturated carbocycles. The molecule has 0 bridgehead atoms. The molecule has 1 unspecified atom stereocenters. The normalized spacial score (nSPS) is 19.2. The third kappa shape index (κ3) is 4.72. The summed E-state index contributed by atoms with van der Waals surface area (Å²) in [7, 11) is 1.37. The lowest BCUT2D eigenvalue weighted by atomic mass is 9.96. The number of nitrogens with zero attached hydrogens (tertiary/aromatic N) is 3. The van der Waals surface area contributed by atoms with Crippen molar-refractivity contribution in [3.63, 3.8) is 0 Å². The molecule has 0 spiro atoms. The molecule has 1 saturated heterocycles. The highest BCUT2D eigenvalue weighted by Crippen LogP contribution is 2.37. The van der Waals surface area contributed by atoms with E-state index < -0.39 is 11.7 Å². The van der Waals surface area contributed by atoms with Gasteiger partial charge in [0.15, 0.2) is 0 Å². The largest absolute Gasteiger partial charge is 0.488 e. The van der Waals surface area contributed by atoms with Crippen LogP contribution in [0.15, 0.2) is 24.4 Å². The summed E-state index contributed by atoms with van der Waals surface area (Å²) in [5.74, 6) is 0.205. The molecule has 2 fully saturated rings. The first kappa shape index (κ1) is 22.1. The number of nitrogens with one attached hydrogen (secondary N) is 2. The maximum absolute atomic E-state index is 13.1. The van der Waals surface area contributed by atoms with E-state index in [0.29, 0.717) is 31.2 Å². The molecule has 1 aromatic carbocycles. The van der Waals surface area contributed by atoms with Gasteiger partial charge in [-0.3, -0.25) is 4.79 Å². The second-order valence-electron chi connectivity index (χ2n) is 7.69. The average Bonchev–Trinajstić information content (AvgIpc) is 2.76. The molecule has 1 atom stereocenters. The third-order valence-electron chi connectivity index (χ3n) is 5.62. The van der Waals surface area contributed by atoms with Crippen LogP contribution in [-0.4, -0.2) is 54.2 Å². The fourth-order valence-electron chi connectivity index (χ4n) is 3.61. The van der Waals surface area contributed by atoms with Gasteiger partial charge in [-0.05, 0) is 37.0 Å². The van der Waals surface area contributed by atoms with Crippen LogP contribution in [0.5, 0.6) is 5.75 Å². The Labute approximate surface area is 183 Å². The highest BCUT2D eigenvalue weighted by atomic mass is 19.4. The summed E-state index contributed by atoms with van der Waals surface area (Å²) < 4.78 is 51.1. The van der Waals surface area contributed by atoms with Crippen molar-refractivity contribution < 1.29 is 27.4 Å². The number of anilines is 3. The molecule has 1 amide bonds. The van der Waals surface area contributed by atoms with E-state index in [1.165, 1.54) is 7.05 Å². The van der Waals surface area contributed by atoms with Crippen molar-refractivity contribution in [3.8, 4) is 5.75 Å². The number of halogens is 3. The lowest BCUT2D eigenvalue weighted by molar-refractivity contribution is -0.137. The molecule has 2 aliphatic rings. The monoisotopic (exact) mass is 451 g/mol. The van der Waals surface area contributed by atoms with Gasteiger partial charge in [0.2, 0.25) is 12.4 Å².